The zero-order valence-corrected chi connectivity index (χ0v) is 27.0. The van der Waals surface area contributed by atoms with E-state index in [2.05, 4.69) is 155 Å². The standard InChI is InChI=1S/C21H38BS3.C5H11S.Ni/c1-19(2,3)23-15-22(16-24-20(4,5)6,17-25-21(7,8)9)18-13-11-10-12-14-18;1-5(2,3)6-4;/h10-14H,15-17H2,1-9H3;4H2,1-3H3;/q2*-1;+2. The molecule has 0 heterocycles. The van der Waals surface area contributed by atoms with Crippen LogP contribution in [0.5, 0.6) is 0 Å². The molecule has 0 radical (unpaired) electrons. The fraction of sp³-hybridized carbons (Fsp3) is 0.731. The van der Waals surface area contributed by atoms with Crippen molar-refractivity contribution in [2.24, 2.45) is 0 Å². The second-order valence-electron chi connectivity index (χ2n) is 12.4. The smallest absolute Gasteiger partial charge is 0.349 e. The van der Waals surface area contributed by atoms with E-state index in [1.807, 2.05) is 0 Å². The van der Waals surface area contributed by atoms with E-state index in [-0.39, 0.29) is 16.5 Å². The maximum absolute atomic E-state index is 3.67. The molecule has 0 aliphatic carbocycles. The molecule has 0 aromatic heterocycles. The van der Waals surface area contributed by atoms with Gasteiger partial charge in [-0.15, -0.1) is 17.0 Å². The summed E-state index contributed by atoms with van der Waals surface area (Å²) in [7, 11) is 0. The summed E-state index contributed by atoms with van der Waals surface area (Å²) in [6.07, 6.45) is 3.06. The Morgan fingerprint density at radius 1 is 0.594 bits per heavy atom. The van der Waals surface area contributed by atoms with Crippen LogP contribution in [0.3, 0.4) is 0 Å². The Balaban J connectivity index is 0. The third kappa shape index (κ3) is 18.5. The van der Waals surface area contributed by atoms with E-state index >= 15 is 0 Å². The Kier molecular flexibility index (Phi) is 16.2. The van der Waals surface area contributed by atoms with E-state index in [4.69, 9.17) is 0 Å². The summed E-state index contributed by atoms with van der Waals surface area (Å²) in [5.41, 5.74) is 5.27. The van der Waals surface area contributed by atoms with Crippen molar-refractivity contribution in [3.63, 3.8) is 0 Å². The van der Waals surface area contributed by atoms with E-state index in [0.717, 1.165) is 0 Å². The van der Waals surface area contributed by atoms with Gasteiger partial charge < -0.3 is 11.8 Å². The minimum Gasteiger partial charge on any atom is -0.349 e. The van der Waals surface area contributed by atoms with Gasteiger partial charge in [-0.3, -0.25) is 6.26 Å². The van der Waals surface area contributed by atoms with Crippen molar-refractivity contribution < 1.29 is 16.5 Å². The van der Waals surface area contributed by atoms with Crippen molar-refractivity contribution in [1.82, 2.24) is 0 Å². The normalized spacial score (nSPS) is 13.2. The van der Waals surface area contributed by atoms with Crippen LogP contribution in [0.1, 0.15) is 83.1 Å². The molecule has 0 saturated carbocycles. The van der Waals surface area contributed by atoms with Crippen LogP contribution < -0.4 is 5.46 Å². The Labute approximate surface area is 229 Å². The predicted molar refractivity (Wildman–Crippen MR) is 161 cm³/mol. The van der Waals surface area contributed by atoms with Crippen molar-refractivity contribution in [3.05, 3.63) is 36.6 Å². The van der Waals surface area contributed by atoms with Gasteiger partial charge in [-0.1, -0.05) is 113 Å². The van der Waals surface area contributed by atoms with E-state index in [9.17, 15) is 0 Å². The largest absolute Gasteiger partial charge is 2.00 e. The average Bonchev–Trinajstić information content (AvgIpc) is 2.60. The fourth-order valence-electron chi connectivity index (χ4n) is 2.52. The Morgan fingerprint density at radius 3 is 1.09 bits per heavy atom. The average molecular weight is 559 g/mol. The molecule has 1 aromatic carbocycles. The molecule has 1 aromatic rings. The summed E-state index contributed by atoms with van der Waals surface area (Å²) in [4.78, 5) is 0. The summed E-state index contributed by atoms with van der Waals surface area (Å²) in [6.45, 7) is 27.5. The zero-order valence-electron chi connectivity index (χ0n) is 22.7. The molecule has 32 heavy (non-hydrogen) atoms. The molecule has 0 fully saturated rings. The minimum atomic E-state index is -0.614. The van der Waals surface area contributed by atoms with Gasteiger partial charge in [0.1, 0.15) is 0 Å². The summed E-state index contributed by atoms with van der Waals surface area (Å²) in [5, 5.41) is 0. The molecule has 190 valence electrons. The topological polar surface area (TPSA) is 0 Å². The molecule has 0 amide bonds. The first-order chi connectivity index (χ1) is 13.8. The summed E-state index contributed by atoms with van der Waals surface area (Å²) < 4.78 is 1.27. The maximum atomic E-state index is 3.67. The van der Waals surface area contributed by atoms with Gasteiger partial charge in [0.2, 0.25) is 0 Å². The van der Waals surface area contributed by atoms with Gasteiger partial charge >= 0.3 is 16.5 Å². The van der Waals surface area contributed by atoms with E-state index in [0.29, 0.717) is 19.0 Å². The number of hydrogen-bond acceptors (Lipinski definition) is 4. The first kappa shape index (κ1) is 35.3. The van der Waals surface area contributed by atoms with Gasteiger partial charge in [0, 0.05) is 14.2 Å². The first-order valence-electron chi connectivity index (χ1n) is 11.4. The molecule has 0 nitrogen and oxygen atoms in total. The van der Waals surface area contributed by atoms with Crippen molar-refractivity contribution in [2.45, 2.75) is 102 Å². The van der Waals surface area contributed by atoms with Crippen molar-refractivity contribution in [3.8, 4) is 0 Å². The van der Waals surface area contributed by atoms with Gasteiger partial charge in [0.05, 0.1) is 6.15 Å². The molecule has 0 atom stereocenters. The minimum absolute atomic E-state index is 0. The molecule has 0 aliphatic rings. The first-order valence-corrected chi connectivity index (χ1v) is 15.3. The molecule has 0 N–H and O–H groups in total. The van der Waals surface area contributed by atoms with Crippen LogP contribution >= 0.6 is 47.0 Å². The van der Waals surface area contributed by atoms with Crippen LogP contribution in [-0.4, -0.2) is 42.1 Å². The molecule has 0 unspecified atom stereocenters. The maximum Gasteiger partial charge on any atom is 2.00 e. The molecule has 6 heteroatoms. The zero-order chi connectivity index (χ0) is 24.6. The van der Waals surface area contributed by atoms with Crippen LogP contribution in [0, 0.1) is 6.26 Å². The second-order valence-corrected chi connectivity index (χ2v) is 19.5. The molecular formula is C26H49BNiS4. The number of thioether (sulfide) groups is 4. The van der Waals surface area contributed by atoms with E-state index < -0.39 is 6.15 Å². The van der Waals surface area contributed by atoms with Crippen LogP contribution in [0.15, 0.2) is 30.3 Å². The van der Waals surface area contributed by atoms with Crippen molar-refractivity contribution >= 4 is 58.7 Å². The number of rotatable bonds is 7. The molecule has 0 bridgehead atoms. The van der Waals surface area contributed by atoms with Crippen LogP contribution in [0.4, 0.5) is 0 Å². The van der Waals surface area contributed by atoms with Crippen LogP contribution in [0.25, 0.3) is 0 Å². The van der Waals surface area contributed by atoms with E-state index in [1.54, 1.807) is 17.2 Å². The Hall–Kier alpha value is 1.18. The SMILES string of the molecule is CC(C)(C)SC[B-](CSC(C)(C)C)(CSC(C)(C)C)c1ccccc1.[CH2-]SC(C)(C)C.[Ni+2]. The van der Waals surface area contributed by atoms with Crippen LogP contribution in [-0.2, 0) is 16.5 Å². The molecule has 0 saturated heterocycles. The third-order valence-electron chi connectivity index (χ3n) is 4.45. The summed E-state index contributed by atoms with van der Waals surface area (Å²) in [5.74, 6) is 0. The van der Waals surface area contributed by atoms with Crippen molar-refractivity contribution in [1.29, 1.82) is 0 Å². The number of benzene rings is 1. The van der Waals surface area contributed by atoms with Gasteiger partial charge in [-0.05, 0) is 4.75 Å². The second kappa shape index (κ2) is 14.7. The van der Waals surface area contributed by atoms with Gasteiger partial charge in [0.15, 0.2) is 0 Å². The monoisotopic (exact) mass is 558 g/mol. The Morgan fingerprint density at radius 2 is 0.875 bits per heavy atom. The predicted octanol–water partition coefficient (Wildman–Crippen LogP) is 8.86. The summed E-state index contributed by atoms with van der Waals surface area (Å²) in [6, 6.07) is 11.3. The molecule has 1 rings (SSSR count). The van der Waals surface area contributed by atoms with Gasteiger partial charge in [-0.2, -0.15) is 35.3 Å². The number of hydrogen-bond donors (Lipinski definition) is 0. The molecular weight excluding hydrogens is 510 g/mol. The molecule has 0 aliphatic heterocycles. The quantitative estimate of drug-likeness (QED) is 0.242. The van der Waals surface area contributed by atoms with E-state index in [1.165, 1.54) is 17.0 Å². The van der Waals surface area contributed by atoms with Gasteiger partial charge in [0.25, 0.3) is 0 Å². The van der Waals surface area contributed by atoms with Crippen LogP contribution in [0.2, 0.25) is 0 Å². The molecule has 0 spiro atoms. The third-order valence-corrected chi connectivity index (χ3v) is 10.3. The van der Waals surface area contributed by atoms with Gasteiger partial charge in [-0.25, -0.2) is 5.46 Å². The summed E-state index contributed by atoms with van der Waals surface area (Å²) >= 11 is 8.04. The Bertz CT molecular complexity index is 562. The fourth-order valence-corrected chi connectivity index (χ4v) is 6.71. The van der Waals surface area contributed by atoms with Crippen molar-refractivity contribution in [2.75, 3.05) is 17.0 Å².